The molecule has 0 bridgehead atoms. The maximum atomic E-state index is 12.5. The fourth-order valence-corrected chi connectivity index (χ4v) is 5.31. The van der Waals surface area contributed by atoms with Gasteiger partial charge in [-0.1, -0.05) is 6.07 Å². The van der Waals surface area contributed by atoms with E-state index in [0.717, 1.165) is 43.9 Å². The zero-order chi connectivity index (χ0) is 21.0. The van der Waals surface area contributed by atoms with E-state index in [1.807, 2.05) is 18.7 Å². The van der Waals surface area contributed by atoms with Crippen LogP contribution in [0.4, 0.5) is 0 Å². The second-order valence-corrected chi connectivity index (χ2v) is 10.1. The summed E-state index contributed by atoms with van der Waals surface area (Å²) in [7, 11) is -1.42. The van der Waals surface area contributed by atoms with Gasteiger partial charge < -0.3 is 9.80 Å². The standard InChI is InChI=1S/C21H34N4O3S/c1-17-6-7-20(15-18(17)2)29(27,28)22-9-8-21(26)25-13-11-24(12-14-25)19-5-4-10-23(3)16-19/h6-7,15,19,22H,4-5,8-14,16H2,1-3H3. The highest BCUT2D eigenvalue weighted by Crippen LogP contribution is 2.17. The van der Waals surface area contributed by atoms with E-state index in [4.69, 9.17) is 0 Å². The normalized spacial score (nSPS) is 22.0. The molecule has 2 fully saturated rings. The summed E-state index contributed by atoms with van der Waals surface area (Å²) < 4.78 is 27.5. The van der Waals surface area contributed by atoms with Crippen molar-refractivity contribution < 1.29 is 13.2 Å². The average molecular weight is 423 g/mol. The van der Waals surface area contributed by atoms with Gasteiger partial charge in [0.2, 0.25) is 15.9 Å². The highest BCUT2D eigenvalue weighted by atomic mass is 32.2. The summed E-state index contributed by atoms with van der Waals surface area (Å²) >= 11 is 0. The van der Waals surface area contributed by atoms with Crippen molar-refractivity contribution in [2.45, 2.75) is 44.0 Å². The molecule has 0 aliphatic carbocycles. The topological polar surface area (TPSA) is 73.0 Å². The third-order valence-corrected chi connectivity index (χ3v) is 7.66. The monoisotopic (exact) mass is 422 g/mol. The third-order valence-electron chi connectivity index (χ3n) is 6.20. The van der Waals surface area contributed by atoms with Crippen molar-refractivity contribution >= 4 is 15.9 Å². The highest BCUT2D eigenvalue weighted by Gasteiger charge is 2.28. The number of hydrogen-bond donors (Lipinski definition) is 1. The number of piperazine rings is 1. The van der Waals surface area contributed by atoms with Gasteiger partial charge in [0, 0.05) is 51.7 Å². The number of benzene rings is 1. The molecule has 0 spiro atoms. The van der Waals surface area contributed by atoms with E-state index >= 15 is 0 Å². The van der Waals surface area contributed by atoms with Crippen molar-refractivity contribution in [3.63, 3.8) is 0 Å². The molecule has 0 radical (unpaired) electrons. The van der Waals surface area contributed by atoms with E-state index in [9.17, 15) is 13.2 Å². The fourth-order valence-electron chi connectivity index (χ4n) is 4.19. The first kappa shape index (κ1) is 22.2. The molecular weight excluding hydrogens is 388 g/mol. The molecule has 3 rings (SSSR count). The molecule has 8 heteroatoms. The van der Waals surface area contributed by atoms with E-state index in [1.54, 1.807) is 18.2 Å². The largest absolute Gasteiger partial charge is 0.340 e. The van der Waals surface area contributed by atoms with Gasteiger partial charge in [-0.25, -0.2) is 13.1 Å². The molecule has 1 aromatic carbocycles. The number of nitrogens with zero attached hydrogens (tertiary/aromatic N) is 3. The van der Waals surface area contributed by atoms with Crippen LogP contribution in [0.3, 0.4) is 0 Å². The Balaban J connectivity index is 1.43. The highest BCUT2D eigenvalue weighted by molar-refractivity contribution is 7.89. The second-order valence-electron chi connectivity index (χ2n) is 8.37. The average Bonchev–Trinajstić information content (AvgIpc) is 2.70. The van der Waals surface area contributed by atoms with Crippen LogP contribution in [0.25, 0.3) is 0 Å². The lowest BCUT2D eigenvalue weighted by molar-refractivity contribution is -0.133. The Labute approximate surface area is 175 Å². The van der Waals surface area contributed by atoms with E-state index in [-0.39, 0.29) is 23.8 Å². The van der Waals surface area contributed by atoms with Gasteiger partial charge >= 0.3 is 0 Å². The van der Waals surface area contributed by atoms with Crippen molar-refractivity contribution in [2.24, 2.45) is 0 Å². The number of amides is 1. The smallest absolute Gasteiger partial charge is 0.240 e. The molecule has 1 N–H and O–H groups in total. The predicted octanol–water partition coefficient (Wildman–Crippen LogP) is 1.21. The van der Waals surface area contributed by atoms with Crippen molar-refractivity contribution in [2.75, 3.05) is 52.9 Å². The number of hydrogen-bond acceptors (Lipinski definition) is 5. The van der Waals surface area contributed by atoms with Gasteiger partial charge in [-0.2, -0.15) is 0 Å². The molecule has 7 nitrogen and oxygen atoms in total. The molecular formula is C21H34N4O3S. The van der Waals surface area contributed by atoms with Gasteiger partial charge in [0.05, 0.1) is 4.90 Å². The molecule has 1 atom stereocenters. The molecule has 1 amide bonds. The molecule has 0 aromatic heterocycles. The number of carbonyl (C=O) groups excluding carboxylic acids is 1. The maximum absolute atomic E-state index is 12.5. The molecule has 2 saturated heterocycles. The summed E-state index contributed by atoms with van der Waals surface area (Å²) in [5.74, 6) is 0.0215. The minimum atomic E-state index is -3.59. The minimum absolute atomic E-state index is 0.0215. The third kappa shape index (κ3) is 5.78. The van der Waals surface area contributed by atoms with Crippen molar-refractivity contribution in [1.29, 1.82) is 0 Å². The SMILES string of the molecule is Cc1ccc(S(=O)(=O)NCCC(=O)N2CCN(C3CCCN(C)C3)CC2)cc1C. The van der Waals surface area contributed by atoms with Crippen LogP contribution < -0.4 is 4.72 Å². The van der Waals surface area contributed by atoms with Crippen LogP contribution in [0, 0.1) is 13.8 Å². The van der Waals surface area contributed by atoms with Crippen LogP contribution in [-0.4, -0.2) is 87.9 Å². The van der Waals surface area contributed by atoms with Crippen LogP contribution in [0.2, 0.25) is 0 Å². The molecule has 0 saturated carbocycles. The summed E-state index contributed by atoms with van der Waals surface area (Å²) in [6.07, 6.45) is 2.66. The number of rotatable bonds is 6. The number of nitrogens with one attached hydrogen (secondary N) is 1. The number of likely N-dealkylation sites (N-methyl/N-ethyl adjacent to an activating group) is 1. The van der Waals surface area contributed by atoms with Crippen LogP contribution >= 0.6 is 0 Å². The first-order chi connectivity index (χ1) is 13.8. The van der Waals surface area contributed by atoms with Crippen LogP contribution in [0.5, 0.6) is 0 Å². The van der Waals surface area contributed by atoms with E-state index in [0.29, 0.717) is 6.04 Å². The Bertz CT molecular complexity index is 819. The Hall–Kier alpha value is -1.48. The van der Waals surface area contributed by atoms with Crippen LogP contribution in [-0.2, 0) is 14.8 Å². The molecule has 2 heterocycles. The maximum Gasteiger partial charge on any atom is 0.240 e. The molecule has 29 heavy (non-hydrogen) atoms. The lowest BCUT2D eigenvalue weighted by Crippen LogP contribution is -2.55. The van der Waals surface area contributed by atoms with E-state index in [1.165, 1.54) is 19.4 Å². The molecule has 1 aromatic rings. The first-order valence-corrected chi connectivity index (χ1v) is 12.0. The Morgan fingerprint density at radius 2 is 1.83 bits per heavy atom. The van der Waals surface area contributed by atoms with Gasteiger partial charge in [0.25, 0.3) is 0 Å². The summed E-state index contributed by atoms with van der Waals surface area (Å²) in [6, 6.07) is 5.67. The summed E-state index contributed by atoms with van der Waals surface area (Å²) in [6.45, 7) is 9.50. The Morgan fingerprint density at radius 3 is 2.48 bits per heavy atom. The van der Waals surface area contributed by atoms with E-state index < -0.39 is 10.0 Å². The number of likely N-dealkylation sites (tertiary alicyclic amines) is 1. The molecule has 2 aliphatic rings. The van der Waals surface area contributed by atoms with Gasteiger partial charge in [-0.05, 0) is 63.5 Å². The minimum Gasteiger partial charge on any atom is -0.340 e. The predicted molar refractivity (Wildman–Crippen MR) is 114 cm³/mol. The van der Waals surface area contributed by atoms with Crippen molar-refractivity contribution in [3.05, 3.63) is 29.3 Å². The van der Waals surface area contributed by atoms with Crippen molar-refractivity contribution in [1.82, 2.24) is 19.4 Å². The van der Waals surface area contributed by atoms with Gasteiger partial charge in [0.15, 0.2) is 0 Å². The summed E-state index contributed by atoms with van der Waals surface area (Å²) in [5.41, 5.74) is 1.99. The lowest BCUT2D eigenvalue weighted by atomic mass is 10.0. The summed E-state index contributed by atoms with van der Waals surface area (Å²) in [5, 5.41) is 0. The summed E-state index contributed by atoms with van der Waals surface area (Å²) in [4.78, 5) is 19.5. The molecule has 2 aliphatic heterocycles. The van der Waals surface area contributed by atoms with Gasteiger partial charge in [0.1, 0.15) is 0 Å². The van der Waals surface area contributed by atoms with E-state index in [2.05, 4.69) is 21.6 Å². The number of carbonyl (C=O) groups is 1. The van der Waals surface area contributed by atoms with Crippen molar-refractivity contribution in [3.8, 4) is 0 Å². The Kier molecular flexibility index (Phi) is 7.32. The van der Waals surface area contributed by atoms with Crippen LogP contribution in [0.1, 0.15) is 30.4 Å². The molecule has 1 unspecified atom stereocenters. The van der Waals surface area contributed by atoms with Gasteiger partial charge in [-0.15, -0.1) is 0 Å². The Morgan fingerprint density at radius 1 is 1.10 bits per heavy atom. The lowest BCUT2D eigenvalue weighted by Gasteiger charge is -2.42. The fraction of sp³-hybridized carbons (Fsp3) is 0.667. The van der Waals surface area contributed by atoms with Gasteiger partial charge in [-0.3, -0.25) is 9.69 Å². The zero-order valence-corrected chi connectivity index (χ0v) is 18.7. The quantitative estimate of drug-likeness (QED) is 0.746. The number of piperidine rings is 1. The zero-order valence-electron chi connectivity index (χ0n) is 17.9. The number of sulfonamides is 1. The second kappa shape index (κ2) is 9.55. The van der Waals surface area contributed by atoms with Crippen LogP contribution in [0.15, 0.2) is 23.1 Å². The number of aryl methyl sites for hydroxylation is 2. The molecule has 162 valence electrons. The first-order valence-electron chi connectivity index (χ1n) is 10.5.